The highest BCUT2D eigenvalue weighted by Gasteiger charge is 2.40. The molecular weight excluding hydrogens is 254 g/mol. The van der Waals surface area contributed by atoms with Crippen LogP contribution in [0.1, 0.15) is 65.7 Å². The minimum atomic E-state index is -0.117. The van der Waals surface area contributed by atoms with Crippen molar-refractivity contribution in [1.82, 2.24) is 4.90 Å². The Morgan fingerprint density at radius 1 is 1.25 bits per heavy atom. The smallest absolute Gasteiger partial charge is 0.233 e. The second kappa shape index (κ2) is 8.18. The SMILES string of the molecule is CCC(=O)CCCCCN1C(=O)CC(C(C)CC)C1=O. The van der Waals surface area contributed by atoms with Gasteiger partial charge < -0.3 is 0 Å². The summed E-state index contributed by atoms with van der Waals surface area (Å²) >= 11 is 0. The summed E-state index contributed by atoms with van der Waals surface area (Å²) in [4.78, 5) is 36.7. The summed E-state index contributed by atoms with van der Waals surface area (Å²) in [5, 5.41) is 0. The molecule has 1 saturated heterocycles. The van der Waals surface area contributed by atoms with Crippen LogP contribution in [0.25, 0.3) is 0 Å². The molecule has 2 amide bonds. The molecule has 0 radical (unpaired) electrons. The van der Waals surface area contributed by atoms with Crippen LogP contribution in [0.3, 0.4) is 0 Å². The van der Waals surface area contributed by atoms with Crippen molar-refractivity contribution in [2.75, 3.05) is 6.54 Å². The van der Waals surface area contributed by atoms with Gasteiger partial charge in [0.15, 0.2) is 0 Å². The number of carbonyl (C=O) groups is 3. The quantitative estimate of drug-likeness (QED) is 0.482. The van der Waals surface area contributed by atoms with Crippen LogP contribution in [0, 0.1) is 11.8 Å². The second-order valence-corrected chi connectivity index (χ2v) is 5.78. The molecule has 20 heavy (non-hydrogen) atoms. The lowest BCUT2D eigenvalue weighted by Crippen LogP contribution is -2.32. The lowest BCUT2D eigenvalue weighted by atomic mass is 9.90. The van der Waals surface area contributed by atoms with Crippen molar-refractivity contribution in [1.29, 1.82) is 0 Å². The van der Waals surface area contributed by atoms with Gasteiger partial charge in [0.05, 0.1) is 0 Å². The van der Waals surface area contributed by atoms with Gasteiger partial charge in [0, 0.05) is 31.7 Å². The molecule has 1 aliphatic heterocycles. The van der Waals surface area contributed by atoms with Crippen LogP contribution in [0.15, 0.2) is 0 Å². The number of nitrogens with zero attached hydrogens (tertiary/aromatic N) is 1. The van der Waals surface area contributed by atoms with Crippen LogP contribution in [-0.2, 0) is 14.4 Å². The lowest BCUT2D eigenvalue weighted by molar-refractivity contribution is -0.139. The van der Waals surface area contributed by atoms with Crippen LogP contribution in [0.4, 0.5) is 0 Å². The summed E-state index contributed by atoms with van der Waals surface area (Å²) < 4.78 is 0. The maximum atomic E-state index is 12.2. The first-order valence-electron chi connectivity index (χ1n) is 7.87. The van der Waals surface area contributed by atoms with Crippen LogP contribution in [0.2, 0.25) is 0 Å². The molecule has 0 saturated carbocycles. The van der Waals surface area contributed by atoms with E-state index in [0.29, 0.717) is 25.8 Å². The largest absolute Gasteiger partial charge is 0.300 e. The fourth-order valence-corrected chi connectivity index (χ4v) is 2.62. The van der Waals surface area contributed by atoms with Crippen molar-refractivity contribution in [2.45, 2.75) is 65.7 Å². The minimum Gasteiger partial charge on any atom is -0.300 e. The van der Waals surface area contributed by atoms with E-state index in [9.17, 15) is 14.4 Å². The first kappa shape index (κ1) is 16.9. The van der Waals surface area contributed by atoms with Gasteiger partial charge in [0.25, 0.3) is 0 Å². The molecule has 1 rings (SSSR count). The van der Waals surface area contributed by atoms with Crippen molar-refractivity contribution in [3.63, 3.8) is 0 Å². The van der Waals surface area contributed by atoms with Crippen LogP contribution in [0.5, 0.6) is 0 Å². The average Bonchev–Trinajstić information content (AvgIpc) is 2.73. The van der Waals surface area contributed by atoms with Gasteiger partial charge in [-0.25, -0.2) is 0 Å². The van der Waals surface area contributed by atoms with Gasteiger partial charge >= 0.3 is 0 Å². The molecule has 0 spiro atoms. The summed E-state index contributed by atoms with van der Waals surface area (Å²) in [6, 6.07) is 0. The number of hydrogen-bond donors (Lipinski definition) is 0. The monoisotopic (exact) mass is 281 g/mol. The maximum absolute atomic E-state index is 12.2. The summed E-state index contributed by atoms with van der Waals surface area (Å²) in [5.74, 6) is 0.432. The second-order valence-electron chi connectivity index (χ2n) is 5.78. The maximum Gasteiger partial charge on any atom is 0.233 e. The Morgan fingerprint density at radius 2 is 1.95 bits per heavy atom. The first-order valence-corrected chi connectivity index (χ1v) is 7.87. The summed E-state index contributed by atoms with van der Waals surface area (Å²) in [7, 11) is 0. The third-order valence-corrected chi connectivity index (χ3v) is 4.34. The van der Waals surface area contributed by atoms with Gasteiger partial charge in [-0.15, -0.1) is 0 Å². The number of amides is 2. The molecule has 1 fully saturated rings. The Labute approximate surface area is 121 Å². The topological polar surface area (TPSA) is 54.5 Å². The molecule has 0 aliphatic carbocycles. The fourth-order valence-electron chi connectivity index (χ4n) is 2.62. The molecule has 0 aromatic carbocycles. The summed E-state index contributed by atoms with van der Waals surface area (Å²) in [6.07, 6.45) is 5.09. The predicted molar refractivity (Wildman–Crippen MR) is 78.0 cm³/mol. The van der Waals surface area contributed by atoms with Gasteiger partial charge in [-0.3, -0.25) is 19.3 Å². The van der Waals surface area contributed by atoms with E-state index in [-0.39, 0.29) is 29.4 Å². The zero-order valence-corrected chi connectivity index (χ0v) is 13.0. The number of hydrogen-bond acceptors (Lipinski definition) is 3. The van der Waals surface area contributed by atoms with Crippen molar-refractivity contribution >= 4 is 17.6 Å². The minimum absolute atomic E-state index is 0.00832. The zero-order valence-electron chi connectivity index (χ0n) is 13.0. The first-order chi connectivity index (χ1) is 9.51. The van der Waals surface area contributed by atoms with Gasteiger partial charge in [-0.1, -0.05) is 33.6 Å². The highest BCUT2D eigenvalue weighted by Crippen LogP contribution is 2.28. The normalized spacial score (nSPS) is 20.6. The van der Waals surface area contributed by atoms with Crippen LogP contribution >= 0.6 is 0 Å². The van der Waals surface area contributed by atoms with E-state index in [1.165, 1.54) is 4.90 Å². The third kappa shape index (κ3) is 4.43. The Kier molecular flexibility index (Phi) is 6.89. The number of rotatable bonds is 9. The van der Waals surface area contributed by atoms with Gasteiger partial charge in [0.1, 0.15) is 5.78 Å². The number of Topliss-reactive ketones (excluding diaryl/α,β-unsaturated/α-hetero) is 1. The van der Waals surface area contributed by atoms with E-state index >= 15 is 0 Å². The van der Waals surface area contributed by atoms with Crippen molar-refractivity contribution in [3.8, 4) is 0 Å². The Hall–Kier alpha value is -1.19. The van der Waals surface area contributed by atoms with Crippen molar-refractivity contribution in [2.24, 2.45) is 11.8 Å². The summed E-state index contributed by atoms with van der Waals surface area (Å²) in [6.45, 7) is 6.48. The predicted octanol–water partition coefficient (Wildman–Crippen LogP) is 2.95. The lowest BCUT2D eigenvalue weighted by Gasteiger charge is -2.17. The zero-order chi connectivity index (χ0) is 15.1. The van der Waals surface area contributed by atoms with Crippen molar-refractivity contribution < 1.29 is 14.4 Å². The van der Waals surface area contributed by atoms with Crippen LogP contribution in [-0.4, -0.2) is 29.0 Å². The van der Waals surface area contributed by atoms with Crippen LogP contribution < -0.4 is 0 Å². The van der Waals surface area contributed by atoms with E-state index in [1.807, 2.05) is 13.8 Å². The number of ketones is 1. The standard InChI is InChI=1S/C16H27NO3/c1-4-12(3)14-11-15(19)17(16(14)20)10-8-6-7-9-13(18)5-2/h12,14H,4-11H2,1-3H3. The third-order valence-electron chi connectivity index (χ3n) is 4.34. The molecule has 0 aromatic heterocycles. The Morgan fingerprint density at radius 3 is 2.55 bits per heavy atom. The molecule has 0 aromatic rings. The number of imide groups is 1. The van der Waals surface area contributed by atoms with Gasteiger partial charge in [-0.2, -0.15) is 0 Å². The molecule has 1 heterocycles. The molecule has 0 N–H and O–H groups in total. The molecule has 0 bridgehead atoms. The van der Waals surface area contributed by atoms with Gasteiger partial charge in [-0.05, 0) is 18.8 Å². The molecule has 2 unspecified atom stereocenters. The molecule has 2 atom stereocenters. The molecule has 4 nitrogen and oxygen atoms in total. The number of carbonyl (C=O) groups excluding carboxylic acids is 3. The molecule has 1 aliphatic rings. The fraction of sp³-hybridized carbons (Fsp3) is 0.812. The van der Waals surface area contributed by atoms with E-state index in [2.05, 4.69) is 6.92 Å². The van der Waals surface area contributed by atoms with E-state index in [0.717, 1.165) is 25.7 Å². The van der Waals surface area contributed by atoms with Gasteiger partial charge in [0.2, 0.25) is 11.8 Å². The number of unbranched alkanes of at least 4 members (excludes halogenated alkanes) is 2. The Balaban J connectivity index is 2.32. The van der Waals surface area contributed by atoms with E-state index in [4.69, 9.17) is 0 Å². The molecule has 4 heteroatoms. The summed E-state index contributed by atoms with van der Waals surface area (Å²) in [5.41, 5.74) is 0. The van der Waals surface area contributed by atoms with E-state index in [1.54, 1.807) is 0 Å². The number of likely N-dealkylation sites (tertiary alicyclic amines) is 1. The average molecular weight is 281 g/mol. The van der Waals surface area contributed by atoms with E-state index < -0.39 is 0 Å². The molecule has 114 valence electrons. The van der Waals surface area contributed by atoms with Crippen molar-refractivity contribution in [3.05, 3.63) is 0 Å². The molecular formula is C16H27NO3. The highest BCUT2D eigenvalue weighted by molar-refractivity contribution is 6.03. The highest BCUT2D eigenvalue weighted by atomic mass is 16.2. The Bertz CT molecular complexity index is 365.